The van der Waals surface area contributed by atoms with Gasteiger partial charge in [0, 0.05) is 0 Å². The van der Waals surface area contributed by atoms with Gasteiger partial charge in [-0.25, -0.2) is 0 Å². The number of aliphatic hydroxyl groups excluding tert-OH is 2. The van der Waals surface area contributed by atoms with Gasteiger partial charge in [0.1, 0.15) is 0 Å². The Bertz CT molecular complexity index is 280. The zero-order valence-electron chi connectivity index (χ0n) is 7.02. The van der Waals surface area contributed by atoms with Gasteiger partial charge in [-0.05, 0) is 11.8 Å². The number of rotatable bonds is 3. The van der Waals surface area contributed by atoms with Crippen molar-refractivity contribution in [2.75, 3.05) is 0 Å². The van der Waals surface area contributed by atoms with Crippen molar-refractivity contribution in [3.05, 3.63) is 0 Å². The molecule has 2 atom stereocenters. The highest BCUT2D eigenvalue weighted by molar-refractivity contribution is 5.94. The van der Waals surface area contributed by atoms with Gasteiger partial charge >= 0.3 is 0 Å². The monoisotopic (exact) mass is 196 g/mol. The van der Waals surface area contributed by atoms with Crippen LogP contribution in [-0.4, -0.2) is 34.5 Å². The molecule has 6 nitrogen and oxygen atoms in total. The van der Waals surface area contributed by atoms with E-state index in [0.717, 1.165) is 0 Å². The Labute approximate surface area is 80.3 Å². The second kappa shape index (κ2) is 5.60. The molecule has 0 saturated heterocycles. The number of carbonyl (C=O) groups excluding carboxylic acids is 2. The van der Waals surface area contributed by atoms with Crippen LogP contribution in [0.25, 0.3) is 0 Å². The number of carbonyl (C=O) groups is 2. The summed E-state index contributed by atoms with van der Waals surface area (Å²) in [5, 5.41) is 21.6. The van der Waals surface area contributed by atoms with Gasteiger partial charge in [-0.3, -0.25) is 9.59 Å². The van der Waals surface area contributed by atoms with Crippen LogP contribution in [0.1, 0.15) is 0 Å². The van der Waals surface area contributed by atoms with Crippen LogP contribution in [0.15, 0.2) is 0 Å². The smallest absolute Gasteiger partial charge is 0.297 e. The molecule has 0 aliphatic carbocycles. The maximum absolute atomic E-state index is 10.5. The average Bonchev–Trinajstić information content (AvgIpc) is 2.17. The van der Waals surface area contributed by atoms with E-state index in [1.807, 2.05) is 0 Å². The zero-order chi connectivity index (χ0) is 11.1. The van der Waals surface area contributed by atoms with E-state index in [-0.39, 0.29) is 0 Å². The second-order valence-corrected chi connectivity index (χ2v) is 2.13. The first-order valence-electron chi connectivity index (χ1n) is 3.41. The van der Waals surface area contributed by atoms with Crippen LogP contribution in [0.5, 0.6) is 0 Å². The van der Waals surface area contributed by atoms with Gasteiger partial charge in [-0.2, -0.15) is 0 Å². The number of hydrogen-bond donors (Lipinski definition) is 4. The molecule has 14 heavy (non-hydrogen) atoms. The Kier molecular flexibility index (Phi) is 4.79. The van der Waals surface area contributed by atoms with Crippen molar-refractivity contribution in [2.24, 2.45) is 0 Å². The molecule has 74 valence electrons. The molecule has 0 heterocycles. The van der Waals surface area contributed by atoms with Crippen molar-refractivity contribution in [3.63, 3.8) is 0 Å². The van der Waals surface area contributed by atoms with Gasteiger partial charge in [-0.15, -0.1) is 12.8 Å². The molecule has 0 aromatic carbocycles. The van der Waals surface area contributed by atoms with E-state index in [9.17, 15) is 9.59 Å². The van der Waals surface area contributed by atoms with Gasteiger partial charge in [0.2, 0.25) is 0 Å². The normalized spacial score (nSPS) is 12.9. The van der Waals surface area contributed by atoms with Crippen LogP contribution in [0, 0.1) is 24.7 Å². The summed E-state index contributed by atoms with van der Waals surface area (Å²) in [6, 6.07) is 0. The number of amides is 2. The molecular formula is C8H8N2O4. The van der Waals surface area contributed by atoms with E-state index in [2.05, 4.69) is 12.8 Å². The number of hydrogen-bond acceptors (Lipinski definition) is 4. The molecule has 4 N–H and O–H groups in total. The Morgan fingerprint density at radius 3 is 1.50 bits per heavy atom. The van der Waals surface area contributed by atoms with Crippen LogP contribution in [-0.2, 0) is 9.59 Å². The molecule has 0 fully saturated rings. The summed E-state index contributed by atoms with van der Waals surface area (Å²) >= 11 is 0. The number of terminal acetylenes is 2. The molecule has 0 bridgehead atoms. The summed E-state index contributed by atoms with van der Waals surface area (Å²) in [7, 11) is 0. The van der Waals surface area contributed by atoms with Gasteiger partial charge in [-0.1, -0.05) is 0 Å². The van der Waals surface area contributed by atoms with E-state index in [0.29, 0.717) is 0 Å². The summed E-state index contributed by atoms with van der Waals surface area (Å²) in [4.78, 5) is 21.0. The summed E-state index contributed by atoms with van der Waals surface area (Å²) in [6.45, 7) is 0. The Balaban J connectivity index is 4.08. The number of nitrogens with one attached hydrogen (secondary N) is 2. The summed E-state index contributed by atoms with van der Waals surface area (Å²) < 4.78 is 0. The van der Waals surface area contributed by atoms with Gasteiger partial charge in [0.25, 0.3) is 11.8 Å². The molecule has 0 saturated carbocycles. The lowest BCUT2D eigenvalue weighted by Gasteiger charge is -2.17. The maximum Gasteiger partial charge on any atom is 0.297 e. The topological polar surface area (TPSA) is 98.7 Å². The molecule has 2 amide bonds. The molecule has 0 rings (SSSR count). The summed E-state index contributed by atoms with van der Waals surface area (Å²) in [6.07, 6.45) is 5.92. The van der Waals surface area contributed by atoms with E-state index in [4.69, 9.17) is 10.2 Å². The highest BCUT2D eigenvalue weighted by Gasteiger charge is 2.18. The average molecular weight is 196 g/mol. The molecule has 0 aromatic rings. The Morgan fingerprint density at radius 1 is 1.00 bits per heavy atom. The van der Waals surface area contributed by atoms with E-state index in [1.165, 1.54) is 0 Å². The van der Waals surface area contributed by atoms with Crippen LogP contribution in [0.3, 0.4) is 0 Å². The van der Waals surface area contributed by atoms with Crippen molar-refractivity contribution in [1.29, 1.82) is 0 Å². The van der Waals surface area contributed by atoms with Crippen LogP contribution in [0.4, 0.5) is 0 Å². The first-order valence-corrected chi connectivity index (χ1v) is 3.41. The first kappa shape index (κ1) is 12.0. The minimum atomic E-state index is -1.71. The lowest BCUT2D eigenvalue weighted by atomic mass is 10.4. The molecule has 0 aromatic heterocycles. The van der Waals surface area contributed by atoms with Crippen molar-refractivity contribution in [2.45, 2.75) is 12.5 Å². The lowest BCUT2D eigenvalue weighted by molar-refractivity contribution is -0.127. The molecule has 6 heteroatoms. The quantitative estimate of drug-likeness (QED) is 0.288. The lowest BCUT2D eigenvalue weighted by Crippen LogP contribution is -2.51. The fourth-order valence-electron chi connectivity index (χ4n) is 0.510. The summed E-state index contributed by atoms with van der Waals surface area (Å²) in [5.74, 6) is 1.44. The molecule has 0 aliphatic rings. The highest BCUT2D eigenvalue weighted by Crippen LogP contribution is 1.84. The maximum atomic E-state index is 10.5. The third-order valence-corrected chi connectivity index (χ3v) is 1.12. The minimum absolute atomic E-state index is 0.925. The predicted octanol–water partition coefficient (Wildman–Crippen LogP) is -2.88. The molecule has 0 spiro atoms. The fraction of sp³-hybridized carbons (Fsp3) is 0.250. The Hall–Kier alpha value is -2.02. The third-order valence-electron chi connectivity index (χ3n) is 1.12. The standard InChI is InChI=1S/C8H8N2O4/c1-3-5(11)9-7(13)8(14)10-6(12)4-2/h1-2,7-8,13-14H,(H,9,11)(H,10,12). The van der Waals surface area contributed by atoms with Crippen LogP contribution < -0.4 is 10.6 Å². The van der Waals surface area contributed by atoms with E-state index >= 15 is 0 Å². The van der Waals surface area contributed by atoms with E-state index < -0.39 is 24.3 Å². The summed E-state index contributed by atoms with van der Waals surface area (Å²) in [5.41, 5.74) is 0. The SMILES string of the molecule is C#CC(=O)NC(O)C(O)NC(=O)C#C. The van der Waals surface area contributed by atoms with Crippen molar-refractivity contribution < 1.29 is 19.8 Å². The van der Waals surface area contributed by atoms with Crippen LogP contribution in [0.2, 0.25) is 0 Å². The molecule has 2 unspecified atom stereocenters. The van der Waals surface area contributed by atoms with Crippen molar-refractivity contribution in [3.8, 4) is 24.7 Å². The highest BCUT2D eigenvalue weighted by atomic mass is 16.4. The molecular weight excluding hydrogens is 188 g/mol. The second-order valence-electron chi connectivity index (χ2n) is 2.13. The molecule has 0 radical (unpaired) electrons. The van der Waals surface area contributed by atoms with Gasteiger partial charge in [0.05, 0.1) is 0 Å². The first-order chi connectivity index (χ1) is 6.51. The number of aliphatic hydroxyl groups is 2. The zero-order valence-corrected chi connectivity index (χ0v) is 7.02. The largest absolute Gasteiger partial charge is 0.369 e. The fourth-order valence-corrected chi connectivity index (χ4v) is 0.510. The van der Waals surface area contributed by atoms with E-state index in [1.54, 1.807) is 22.5 Å². The minimum Gasteiger partial charge on any atom is -0.369 e. The Morgan fingerprint density at radius 2 is 1.29 bits per heavy atom. The van der Waals surface area contributed by atoms with Gasteiger partial charge < -0.3 is 20.8 Å². The third kappa shape index (κ3) is 4.12. The van der Waals surface area contributed by atoms with Crippen LogP contribution >= 0.6 is 0 Å². The molecule has 0 aliphatic heterocycles. The van der Waals surface area contributed by atoms with Crippen molar-refractivity contribution in [1.82, 2.24) is 10.6 Å². The van der Waals surface area contributed by atoms with Crippen molar-refractivity contribution >= 4 is 11.8 Å². The van der Waals surface area contributed by atoms with Gasteiger partial charge in [0.15, 0.2) is 12.5 Å². The predicted molar refractivity (Wildman–Crippen MR) is 46.0 cm³/mol.